The molecule has 4 heteroatoms. The van der Waals surface area contributed by atoms with Crippen LogP contribution in [0.2, 0.25) is 0 Å². The molecule has 2 aromatic rings. The van der Waals surface area contributed by atoms with Crippen LogP contribution in [-0.2, 0) is 22.6 Å². The molecule has 29 heavy (non-hydrogen) atoms. The first kappa shape index (κ1) is 22.7. The van der Waals surface area contributed by atoms with Gasteiger partial charge in [0.15, 0.2) is 0 Å². The first-order valence-electron chi connectivity index (χ1n) is 10.6. The molecular weight excluding hydrogens is 360 g/mol. The molecule has 0 unspecified atom stereocenters. The first-order valence-corrected chi connectivity index (χ1v) is 10.6. The van der Waals surface area contributed by atoms with Crippen molar-refractivity contribution in [3.05, 3.63) is 70.8 Å². The number of hydrogen-bond donors (Lipinski definition) is 1. The molecule has 0 spiro atoms. The van der Waals surface area contributed by atoms with Gasteiger partial charge in [-0.1, -0.05) is 79.9 Å². The van der Waals surface area contributed by atoms with Crippen molar-refractivity contribution in [1.29, 1.82) is 0 Å². The van der Waals surface area contributed by atoms with E-state index in [1.54, 1.807) is 4.90 Å². The molecule has 156 valence electrons. The third-order valence-corrected chi connectivity index (χ3v) is 5.09. The predicted octanol–water partition coefficient (Wildman–Crippen LogP) is 4.57. The number of carbonyl (C=O) groups is 2. The lowest BCUT2D eigenvalue weighted by atomic mass is 10.0. The Morgan fingerprint density at radius 1 is 0.966 bits per heavy atom. The van der Waals surface area contributed by atoms with E-state index >= 15 is 0 Å². The fraction of sp³-hybridized carbons (Fsp3) is 0.440. The molecule has 0 fully saturated rings. The van der Waals surface area contributed by atoms with Crippen molar-refractivity contribution in [2.24, 2.45) is 0 Å². The van der Waals surface area contributed by atoms with E-state index in [1.165, 1.54) is 0 Å². The summed E-state index contributed by atoms with van der Waals surface area (Å²) in [6.45, 7) is 9.21. The summed E-state index contributed by atoms with van der Waals surface area (Å²) in [6.07, 6.45) is 2.85. The second kappa shape index (κ2) is 11.4. The highest BCUT2D eigenvalue weighted by molar-refractivity contribution is 5.88. The minimum Gasteiger partial charge on any atom is -0.354 e. The fourth-order valence-electron chi connectivity index (χ4n) is 3.53. The van der Waals surface area contributed by atoms with E-state index in [0.29, 0.717) is 25.9 Å². The van der Waals surface area contributed by atoms with Gasteiger partial charge in [-0.25, -0.2) is 0 Å². The first-order chi connectivity index (χ1) is 13.9. The van der Waals surface area contributed by atoms with Gasteiger partial charge in [-0.15, -0.1) is 0 Å². The van der Waals surface area contributed by atoms with Crippen LogP contribution in [0.1, 0.15) is 55.4 Å². The van der Waals surface area contributed by atoms with Crippen molar-refractivity contribution >= 4 is 11.8 Å². The average molecular weight is 395 g/mol. The van der Waals surface area contributed by atoms with Gasteiger partial charge < -0.3 is 10.2 Å². The molecule has 0 bridgehead atoms. The summed E-state index contributed by atoms with van der Waals surface area (Å²) in [5.41, 5.74) is 4.30. The number of aryl methyl sites for hydroxylation is 2. The summed E-state index contributed by atoms with van der Waals surface area (Å²) in [5.74, 6) is -0.0826. The monoisotopic (exact) mass is 394 g/mol. The zero-order valence-corrected chi connectivity index (χ0v) is 18.2. The lowest BCUT2D eigenvalue weighted by Gasteiger charge is -2.31. The van der Waals surface area contributed by atoms with Gasteiger partial charge in [0.2, 0.25) is 11.8 Å². The van der Waals surface area contributed by atoms with Crippen LogP contribution in [0.4, 0.5) is 0 Å². The van der Waals surface area contributed by atoms with Gasteiger partial charge in [-0.05, 0) is 37.8 Å². The van der Waals surface area contributed by atoms with Gasteiger partial charge in [-0.2, -0.15) is 0 Å². The zero-order chi connectivity index (χ0) is 21.2. The van der Waals surface area contributed by atoms with Crippen LogP contribution in [0.3, 0.4) is 0 Å². The molecule has 0 aliphatic rings. The average Bonchev–Trinajstić information content (AvgIpc) is 2.68. The van der Waals surface area contributed by atoms with E-state index in [4.69, 9.17) is 0 Å². The highest BCUT2D eigenvalue weighted by atomic mass is 16.2. The Morgan fingerprint density at radius 3 is 2.17 bits per heavy atom. The molecule has 2 rings (SSSR count). The fourth-order valence-corrected chi connectivity index (χ4v) is 3.53. The summed E-state index contributed by atoms with van der Waals surface area (Å²) < 4.78 is 0. The van der Waals surface area contributed by atoms with Crippen LogP contribution in [0.15, 0.2) is 48.5 Å². The van der Waals surface area contributed by atoms with Crippen molar-refractivity contribution in [1.82, 2.24) is 10.2 Å². The zero-order valence-electron chi connectivity index (χ0n) is 18.2. The number of carbonyl (C=O) groups excluding carboxylic acids is 2. The molecule has 0 aliphatic carbocycles. The van der Waals surface area contributed by atoms with Crippen LogP contribution >= 0.6 is 0 Å². The summed E-state index contributed by atoms with van der Waals surface area (Å²) >= 11 is 0. The Balaban J connectivity index is 2.25. The van der Waals surface area contributed by atoms with Crippen molar-refractivity contribution in [2.45, 2.75) is 66.0 Å². The molecule has 0 radical (unpaired) electrons. The number of amides is 2. The number of rotatable bonds is 10. The lowest BCUT2D eigenvalue weighted by molar-refractivity contribution is -0.140. The Morgan fingerprint density at radius 2 is 1.59 bits per heavy atom. The standard InChI is InChI=1S/C25H34N2O2/c1-5-7-14-26-25(29)23(6-2)27(18-22-13-9-11-20(4)16-22)24(28)17-21-12-8-10-19(3)15-21/h8-13,15-16,23H,5-7,14,17-18H2,1-4H3,(H,26,29)/t23-/m0/s1. The molecule has 2 amide bonds. The van der Waals surface area contributed by atoms with Gasteiger partial charge in [-0.3, -0.25) is 9.59 Å². The van der Waals surface area contributed by atoms with Crippen LogP contribution < -0.4 is 5.32 Å². The van der Waals surface area contributed by atoms with Crippen LogP contribution in [0.5, 0.6) is 0 Å². The van der Waals surface area contributed by atoms with Gasteiger partial charge in [0.1, 0.15) is 6.04 Å². The number of benzene rings is 2. The molecule has 0 saturated heterocycles. The minimum absolute atomic E-state index is 0.0189. The molecule has 1 atom stereocenters. The predicted molar refractivity (Wildman–Crippen MR) is 119 cm³/mol. The van der Waals surface area contributed by atoms with Crippen molar-refractivity contribution in [3.63, 3.8) is 0 Å². The van der Waals surface area contributed by atoms with Gasteiger partial charge >= 0.3 is 0 Å². The second-order valence-corrected chi connectivity index (χ2v) is 7.75. The van der Waals surface area contributed by atoms with E-state index in [2.05, 4.69) is 18.3 Å². The van der Waals surface area contributed by atoms with E-state index in [9.17, 15) is 9.59 Å². The maximum Gasteiger partial charge on any atom is 0.242 e. The lowest BCUT2D eigenvalue weighted by Crippen LogP contribution is -2.49. The van der Waals surface area contributed by atoms with Crippen molar-refractivity contribution < 1.29 is 9.59 Å². The van der Waals surface area contributed by atoms with Crippen LogP contribution in [0.25, 0.3) is 0 Å². The summed E-state index contributed by atoms with van der Waals surface area (Å²) in [4.78, 5) is 27.9. The van der Waals surface area contributed by atoms with Gasteiger partial charge in [0, 0.05) is 13.1 Å². The molecule has 4 nitrogen and oxygen atoms in total. The third-order valence-electron chi connectivity index (χ3n) is 5.09. The van der Waals surface area contributed by atoms with Gasteiger partial charge in [0.25, 0.3) is 0 Å². The van der Waals surface area contributed by atoms with Crippen molar-refractivity contribution in [3.8, 4) is 0 Å². The third kappa shape index (κ3) is 7.04. The smallest absolute Gasteiger partial charge is 0.242 e. The topological polar surface area (TPSA) is 49.4 Å². The van der Waals surface area contributed by atoms with E-state index in [-0.39, 0.29) is 11.8 Å². The molecule has 2 aromatic carbocycles. The normalized spacial score (nSPS) is 11.7. The SMILES string of the molecule is CCCCNC(=O)[C@H](CC)N(Cc1cccc(C)c1)C(=O)Cc1cccc(C)c1. The molecule has 0 heterocycles. The largest absolute Gasteiger partial charge is 0.354 e. The maximum atomic E-state index is 13.3. The van der Waals surface area contributed by atoms with Crippen LogP contribution in [-0.4, -0.2) is 29.3 Å². The van der Waals surface area contributed by atoms with Crippen LogP contribution in [0, 0.1) is 13.8 Å². The number of nitrogens with zero attached hydrogens (tertiary/aromatic N) is 1. The minimum atomic E-state index is -0.468. The van der Waals surface area contributed by atoms with E-state index in [1.807, 2.05) is 63.2 Å². The van der Waals surface area contributed by atoms with E-state index < -0.39 is 6.04 Å². The number of hydrogen-bond acceptors (Lipinski definition) is 2. The summed E-state index contributed by atoms with van der Waals surface area (Å²) in [7, 11) is 0. The summed E-state index contributed by atoms with van der Waals surface area (Å²) in [6, 6.07) is 15.7. The highest BCUT2D eigenvalue weighted by Crippen LogP contribution is 2.16. The summed E-state index contributed by atoms with van der Waals surface area (Å²) in [5, 5.41) is 3.01. The Labute approximate surface area is 175 Å². The molecule has 1 N–H and O–H groups in total. The molecular formula is C25H34N2O2. The molecule has 0 aromatic heterocycles. The van der Waals surface area contributed by atoms with Crippen molar-refractivity contribution in [2.75, 3.05) is 6.54 Å². The van der Waals surface area contributed by atoms with E-state index in [0.717, 1.165) is 35.1 Å². The second-order valence-electron chi connectivity index (χ2n) is 7.75. The highest BCUT2D eigenvalue weighted by Gasteiger charge is 2.28. The number of nitrogens with one attached hydrogen (secondary N) is 1. The molecule has 0 aliphatic heterocycles. The number of unbranched alkanes of at least 4 members (excludes halogenated alkanes) is 1. The Bertz CT molecular complexity index is 816. The Kier molecular flexibility index (Phi) is 8.91. The maximum absolute atomic E-state index is 13.3. The van der Waals surface area contributed by atoms with Gasteiger partial charge in [0.05, 0.1) is 6.42 Å². The Hall–Kier alpha value is -2.62. The molecule has 0 saturated carbocycles. The quantitative estimate of drug-likeness (QED) is 0.600.